The maximum absolute atomic E-state index is 13.4. The van der Waals surface area contributed by atoms with Gasteiger partial charge in [-0.1, -0.05) is 79.2 Å². The third-order valence-corrected chi connectivity index (χ3v) is 7.47. The molecule has 0 unspecified atom stereocenters. The first kappa shape index (κ1) is 22.9. The molecule has 172 valence electrons. The molecule has 4 rings (SSSR count). The molecule has 1 heterocycles. The van der Waals surface area contributed by atoms with Crippen LogP contribution in [-0.4, -0.2) is 27.0 Å². The molecule has 33 heavy (non-hydrogen) atoms. The lowest BCUT2D eigenvalue weighted by atomic mass is 10.0. The summed E-state index contributed by atoms with van der Waals surface area (Å²) in [6, 6.07) is 23.8. The number of fused-ring (bicyclic) bond motifs is 1. The molecule has 7 heteroatoms. The van der Waals surface area contributed by atoms with Gasteiger partial charge in [-0.15, -0.1) is 0 Å². The number of benzene rings is 3. The molecule has 3 aromatic rings. The van der Waals surface area contributed by atoms with Crippen LogP contribution in [0, 0.1) is 6.92 Å². The Balaban J connectivity index is 1.57. The Bertz CT molecular complexity index is 1210. The molecule has 0 aromatic heterocycles. The zero-order valence-electron chi connectivity index (χ0n) is 18.8. The first-order valence-corrected chi connectivity index (χ1v) is 12.7. The van der Waals surface area contributed by atoms with Crippen LogP contribution in [0.2, 0.25) is 0 Å². The highest BCUT2D eigenvalue weighted by atomic mass is 32.2. The minimum Gasteiger partial charge on any atom is -0.476 e. The summed E-state index contributed by atoms with van der Waals surface area (Å²) in [5, 5.41) is 3.04. The van der Waals surface area contributed by atoms with Crippen LogP contribution in [0.5, 0.6) is 5.75 Å². The van der Waals surface area contributed by atoms with Gasteiger partial charge in [0.05, 0.1) is 24.0 Å². The number of para-hydroxylation sites is 2. The molecule has 0 bridgehead atoms. The highest BCUT2D eigenvalue weighted by molar-refractivity contribution is 7.92. The highest BCUT2D eigenvalue weighted by Gasteiger charge is 2.37. The number of amides is 1. The average molecular weight is 465 g/mol. The van der Waals surface area contributed by atoms with Gasteiger partial charge in [0.15, 0.2) is 6.10 Å². The van der Waals surface area contributed by atoms with Gasteiger partial charge >= 0.3 is 0 Å². The molecule has 1 aliphatic rings. The maximum Gasteiger partial charge on any atom is 0.263 e. The van der Waals surface area contributed by atoms with Crippen molar-refractivity contribution < 1.29 is 17.9 Å². The van der Waals surface area contributed by atoms with Gasteiger partial charge < -0.3 is 10.1 Å². The molecule has 2 atom stereocenters. The number of carbonyl (C=O) groups excluding carboxylic acids is 1. The molecule has 1 N–H and O–H groups in total. The van der Waals surface area contributed by atoms with Crippen LogP contribution in [0.1, 0.15) is 36.1 Å². The van der Waals surface area contributed by atoms with Crippen molar-refractivity contribution in [3.8, 4) is 5.75 Å². The van der Waals surface area contributed by atoms with E-state index in [0.717, 1.165) is 11.1 Å². The number of carbonyl (C=O) groups is 1. The molecule has 6 nitrogen and oxygen atoms in total. The van der Waals surface area contributed by atoms with Gasteiger partial charge in [-0.25, -0.2) is 8.42 Å². The van der Waals surface area contributed by atoms with E-state index in [1.165, 1.54) is 4.31 Å². The Hall–Kier alpha value is -3.32. The zero-order chi connectivity index (χ0) is 23.4. The highest BCUT2D eigenvalue weighted by Crippen LogP contribution is 2.36. The molecule has 0 saturated carbocycles. The quantitative estimate of drug-likeness (QED) is 0.564. The average Bonchev–Trinajstić information content (AvgIpc) is 2.82. The van der Waals surface area contributed by atoms with Crippen LogP contribution in [0.15, 0.2) is 78.9 Å². The summed E-state index contributed by atoms with van der Waals surface area (Å²) < 4.78 is 34.0. The molecule has 1 amide bonds. The van der Waals surface area contributed by atoms with Crippen molar-refractivity contribution in [2.45, 2.75) is 38.2 Å². The van der Waals surface area contributed by atoms with Gasteiger partial charge in [0, 0.05) is 0 Å². The van der Waals surface area contributed by atoms with Crippen molar-refractivity contribution in [1.82, 2.24) is 5.32 Å². The normalized spacial score (nSPS) is 16.4. The number of aryl methyl sites for hydroxylation is 1. The summed E-state index contributed by atoms with van der Waals surface area (Å²) in [4.78, 5) is 13.2. The van der Waals surface area contributed by atoms with Gasteiger partial charge in [-0.2, -0.15) is 0 Å². The molecule has 3 aromatic carbocycles. The predicted molar refractivity (Wildman–Crippen MR) is 130 cm³/mol. The Kier molecular flexibility index (Phi) is 6.70. The lowest BCUT2D eigenvalue weighted by molar-refractivity contribution is -0.128. The number of hydrogen-bond donors (Lipinski definition) is 1. The van der Waals surface area contributed by atoms with Crippen molar-refractivity contribution in [1.29, 1.82) is 0 Å². The van der Waals surface area contributed by atoms with Crippen molar-refractivity contribution in [2.75, 3.05) is 10.8 Å². The fourth-order valence-electron chi connectivity index (χ4n) is 3.95. The van der Waals surface area contributed by atoms with E-state index in [0.29, 0.717) is 23.4 Å². The van der Waals surface area contributed by atoms with Crippen molar-refractivity contribution in [2.24, 2.45) is 0 Å². The van der Waals surface area contributed by atoms with Crippen molar-refractivity contribution in [3.05, 3.63) is 95.6 Å². The van der Waals surface area contributed by atoms with E-state index < -0.39 is 16.1 Å². The summed E-state index contributed by atoms with van der Waals surface area (Å²) in [7, 11) is -3.73. The lowest BCUT2D eigenvalue weighted by Gasteiger charge is -2.35. The van der Waals surface area contributed by atoms with Gasteiger partial charge in [-0.3, -0.25) is 9.10 Å². The molecule has 1 aliphatic heterocycles. The number of anilines is 1. The molecular formula is C26H28N2O4S. The monoisotopic (exact) mass is 464 g/mol. The number of hydrogen-bond acceptors (Lipinski definition) is 4. The van der Waals surface area contributed by atoms with Crippen LogP contribution in [0.25, 0.3) is 0 Å². The second-order valence-electron chi connectivity index (χ2n) is 8.23. The molecule has 0 saturated heterocycles. The molecular weight excluding hydrogens is 436 g/mol. The second-order valence-corrected chi connectivity index (χ2v) is 10.1. The molecule has 0 fully saturated rings. The number of ether oxygens (including phenoxy) is 1. The van der Waals surface area contributed by atoms with E-state index in [-0.39, 0.29) is 24.2 Å². The summed E-state index contributed by atoms with van der Waals surface area (Å²) >= 11 is 0. The Morgan fingerprint density at radius 1 is 1.03 bits per heavy atom. The van der Waals surface area contributed by atoms with Crippen LogP contribution in [-0.2, 0) is 20.6 Å². The topological polar surface area (TPSA) is 75.7 Å². The third kappa shape index (κ3) is 5.20. The number of sulfonamides is 1. The number of rotatable bonds is 7. The summed E-state index contributed by atoms with van der Waals surface area (Å²) in [6.07, 6.45) is -0.251. The lowest BCUT2D eigenvalue weighted by Crippen LogP contribution is -2.51. The Morgan fingerprint density at radius 2 is 1.70 bits per heavy atom. The number of nitrogens with zero attached hydrogens (tertiary/aromatic N) is 1. The third-order valence-electron chi connectivity index (χ3n) is 5.76. The van der Waals surface area contributed by atoms with E-state index in [1.54, 1.807) is 36.4 Å². The first-order chi connectivity index (χ1) is 15.9. The van der Waals surface area contributed by atoms with E-state index in [2.05, 4.69) is 5.32 Å². The van der Waals surface area contributed by atoms with Crippen LogP contribution in [0.4, 0.5) is 5.69 Å². The van der Waals surface area contributed by atoms with E-state index in [9.17, 15) is 13.2 Å². The standard InChI is InChI=1S/C26H28N2O4S/c1-3-22(21-15-13-19(2)14-16-21)27-26(29)25-17-28(23-11-7-8-12-24(23)32-25)33(30,31)18-20-9-5-4-6-10-20/h4-16,22,25H,3,17-18H2,1-2H3,(H,27,29)/t22-,25+/m1/s1. The minimum atomic E-state index is -3.73. The maximum atomic E-state index is 13.4. The van der Waals surface area contributed by atoms with E-state index in [4.69, 9.17) is 4.74 Å². The number of nitrogens with one attached hydrogen (secondary N) is 1. The predicted octanol–water partition coefficient (Wildman–Crippen LogP) is 4.36. The van der Waals surface area contributed by atoms with Crippen LogP contribution >= 0.6 is 0 Å². The van der Waals surface area contributed by atoms with Crippen LogP contribution < -0.4 is 14.4 Å². The summed E-state index contributed by atoms with van der Waals surface area (Å²) in [6.45, 7) is 3.93. The summed E-state index contributed by atoms with van der Waals surface area (Å²) in [5.74, 6) is -0.113. The fourth-order valence-corrected chi connectivity index (χ4v) is 5.53. The van der Waals surface area contributed by atoms with Crippen LogP contribution in [0.3, 0.4) is 0 Å². The Labute approximate surface area is 195 Å². The SMILES string of the molecule is CC[C@@H](NC(=O)[C@@H]1CN(S(=O)(=O)Cc2ccccc2)c2ccccc2O1)c1ccc(C)cc1. The Morgan fingerprint density at radius 3 is 2.39 bits per heavy atom. The first-order valence-electron chi connectivity index (χ1n) is 11.0. The second kappa shape index (κ2) is 9.67. The molecule has 0 radical (unpaired) electrons. The smallest absolute Gasteiger partial charge is 0.263 e. The van der Waals surface area contributed by atoms with E-state index >= 15 is 0 Å². The van der Waals surface area contributed by atoms with Gasteiger partial charge in [-0.05, 0) is 36.6 Å². The van der Waals surface area contributed by atoms with Gasteiger partial charge in [0.25, 0.3) is 5.91 Å². The largest absolute Gasteiger partial charge is 0.476 e. The zero-order valence-corrected chi connectivity index (χ0v) is 19.6. The summed E-state index contributed by atoms with van der Waals surface area (Å²) in [5.41, 5.74) is 3.28. The van der Waals surface area contributed by atoms with Gasteiger partial charge in [0.1, 0.15) is 5.75 Å². The fraction of sp³-hybridized carbons (Fsp3) is 0.269. The minimum absolute atomic E-state index is 0.0810. The molecule has 0 spiro atoms. The molecule has 0 aliphatic carbocycles. The van der Waals surface area contributed by atoms with Gasteiger partial charge in [0.2, 0.25) is 10.0 Å². The van der Waals surface area contributed by atoms with E-state index in [1.807, 2.05) is 56.3 Å². The van der Waals surface area contributed by atoms with Crippen molar-refractivity contribution in [3.63, 3.8) is 0 Å². The van der Waals surface area contributed by atoms with Crippen molar-refractivity contribution >= 4 is 21.6 Å².